The second-order valence-corrected chi connectivity index (χ2v) is 3.56. The zero-order valence-electron chi connectivity index (χ0n) is 8.18. The second kappa shape index (κ2) is 3.88. The molecule has 1 aromatic carbocycles. The van der Waals surface area contributed by atoms with Gasteiger partial charge in [0.2, 0.25) is 0 Å². The Balaban J connectivity index is 2.20. The molecule has 0 N–H and O–H groups in total. The Morgan fingerprint density at radius 1 is 1.44 bits per heavy atom. The molecule has 1 saturated carbocycles. The molecule has 0 unspecified atom stereocenters. The molecule has 1 aromatic rings. The average Bonchev–Trinajstić information content (AvgIpc) is 2.15. The molecule has 0 saturated heterocycles. The van der Waals surface area contributed by atoms with Crippen LogP contribution in [0.5, 0.6) is 5.75 Å². The van der Waals surface area contributed by atoms with Crippen LogP contribution in [0.25, 0.3) is 0 Å². The Morgan fingerprint density at radius 2 is 2.12 bits per heavy atom. The van der Waals surface area contributed by atoms with E-state index in [2.05, 4.69) is 0 Å². The van der Waals surface area contributed by atoms with Crippen molar-refractivity contribution in [1.82, 2.24) is 0 Å². The smallest absolute Gasteiger partial charge is 0.311 e. The molecule has 6 heteroatoms. The van der Waals surface area contributed by atoms with E-state index in [1.807, 2.05) is 0 Å². The van der Waals surface area contributed by atoms with Crippen LogP contribution in [0.3, 0.4) is 0 Å². The largest absolute Gasteiger partial charge is 0.482 e. The third kappa shape index (κ3) is 2.00. The van der Waals surface area contributed by atoms with E-state index in [0.29, 0.717) is 0 Å². The summed E-state index contributed by atoms with van der Waals surface area (Å²) in [4.78, 5) is 20.7. The minimum atomic E-state index is -0.644. The summed E-state index contributed by atoms with van der Waals surface area (Å²) in [6.07, 6.45) is 0.0921. The molecule has 5 nitrogen and oxygen atoms in total. The summed E-state index contributed by atoms with van der Waals surface area (Å²) in [7, 11) is 0. The molecule has 0 aliphatic heterocycles. The standard InChI is InChI=1S/C10H8FNO4/c11-6-1-2-9(12(14)15)10(3-6)16-8-4-7(13)5-8/h1-3,8H,4-5H2. The number of rotatable bonds is 3. The van der Waals surface area contributed by atoms with Gasteiger partial charge in [-0.15, -0.1) is 0 Å². The third-order valence-electron chi connectivity index (χ3n) is 2.32. The van der Waals surface area contributed by atoms with Crippen LogP contribution < -0.4 is 4.74 Å². The van der Waals surface area contributed by atoms with E-state index < -0.39 is 10.7 Å². The summed E-state index contributed by atoms with van der Waals surface area (Å²) in [6, 6.07) is 3.00. The first kappa shape index (κ1) is 10.5. The number of halogens is 1. The number of Topliss-reactive ketones (excluding diaryl/α,β-unsaturated/α-hetero) is 1. The van der Waals surface area contributed by atoms with Crippen molar-refractivity contribution in [2.24, 2.45) is 0 Å². The molecule has 0 radical (unpaired) electrons. The van der Waals surface area contributed by atoms with Gasteiger partial charge in [-0.25, -0.2) is 4.39 Å². The van der Waals surface area contributed by atoms with Gasteiger partial charge in [0.15, 0.2) is 5.75 Å². The van der Waals surface area contributed by atoms with Gasteiger partial charge in [-0.05, 0) is 6.07 Å². The van der Waals surface area contributed by atoms with Crippen molar-refractivity contribution in [2.75, 3.05) is 0 Å². The topological polar surface area (TPSA) is 69.4 Å². The molecular formula is C10H8FNO4. The Hall–Kier alpha value is -1.98. The first-order valence-corrected chi connectivity index (χ1v) is 4.68. The highest BCUT2D eigenvalue weighted by molar-refractivity contribution is 5.85. The molecule has 0 amide bonds. The predicted octanol–water partition coefficient (Wildman–Crippen LogP) is 1.84. The maximum absolute atomic E-state index is 12.9. The maximum Gasteiger partial charge on any atom is 0.311 e. The third-order valence-corrected chi connectivity index (χ3v) is 2.32. The van der Waals surface area contributed by atoms with Crippen molar-refractivity contribution in [1.29, 1.82) is 0 Å². The number of carbonyl (C=O) groups excluding carboxylic acids is 1. The Morgan fingerprint density at radius 3 is 2.69 bits per heavy atom. The molecule has 0 spiro atoms. The number of ether oxygens (including phenoxy) is 1. The van der Waals surface area contributed by atoms with E-state index in [-0.39, 0.29) is 36.2 Å². The summed E-state index contributed by atoms with van der Waals surface area (Å²) in [5.74, 6) is -0.683. The van der Waals surface area contributed by atoms with Crippen molar-refractivity contribution in [3.05, 3.63) is 34.1 Å². The molecule has 2 rings (SSSR count). The van der Waals surface area contributed by atoms with Gasteiger partial charge in [-0.3, -0.25) is 14.9 Å². The Kier molecular flexibility index (Phi) is 2.55. The lowest BCUT2D eigenvalue weighted by atomic mass is 9.94. The number of ketones is 1. The Bertz CT molecular complexity index is 452. The first-order valence-electron chi connectivity index (χ1n) is 4.68. The SMILES string of the molecule is O=C1CC(Oc2cc(F)ccc2[N+](=O)[O-])C1. The zero-order chi connectivity index (χ0) is 11.7. The van der Waals surface area contributed by atoms with E-state index in [4.69, 9.17) is 4.74 Å². The van der Waals surface area contributed by atoms with Crippen LogP contribution in [-0.2, 0) is 4.79 Å². The van der Waals surface area contributed by atoms with E-state index in [9.17, 15) is 19.3 Å². The number of benzene rings is 1. The molecular weight excluding hydrogens is 217 g/mol. The summed E-state index contributed by atoms with van der Waals surface area (Å²) in [5, 5.41) is 10.6. The van der Waals surface area contributed by atoms with Crippen molar-refractivity contribution in [3.8, 4) is 5.75 Å². The number of hydrogen-bond donors (Lipinski definition) is 0. The number of nitrogens with zero attached hydrogens (tertiary/aromatic N) is 1. The van der Waals surface area contributed by atoms with Crippen molar-refractivity contribution in [3.63, 3.8) is 0 Å². The quantitative estimate of drug-likeness (QED) is 0.581. The van der Waals surface area contributed by atoms with Crippen LogP contribution in [0.4, 0.5) is 10.1 Å². The highest BCUT2D eigenvalue weighted by atomic mass is 19.1. The number of hydrogen-bond acceptors (Lipinski definition) is 4. The van der Waals surface area contributed by atoms with Crippen LogP contribution in [0.1, 0.15) is 12.8 Å². The fourth-order valence-electron chi connectivity index (χ4n) is 1.44. The van der Waals surface area contributed by atoms with Crippen LogP contribution in [-0.4, -0.2) is 16.8 Å². The number of nitro benzene ring substituents is 1. The number of nitro groups is 1. The molecule has 1 aliphatic carbocycles. The summed E-state index contributed by atoms with van der Waals surface area (Å²) < 4.78 is 18.1. The fraction of sp³-hybridized carbons (Fsp3) is 0.300. The lowest BCUT2D eigenvalue weighted by Gasteiger charge is -2.24. The minimum absolute atomic E-state index is 0.0454. The lowest BCUT2D eigenvalue weighted by molar-refractivity contribution is -0.386. The van der Waals surface area contributed by atoms with Gasteiger partial charge in [-0.2, -0.15) is 0 Å². The predicted molar refractivity (Wildman–Crippen MR) is 51.7 cm³/mol. The average molecular weight is 225 g/mol. The van der Waals surface area contributed by atoms with Crippen LogP contribution in [0.15, 0.2) is 18.2 Å². The van der Waals surface area contributed by atoms with Gasteiger partial charge in [0.25, 0.3) is 0 Å². The van der Waals surface area contributed by atoms with Gasteiger partial charge >= 0.3 is 5.69 Å². The monoisotopic (exact) mass is 225 g/mol. The van der Waals surface area contributed by atoms with Gasteiger partial charge in [0.05, 0.1) is 4.92 Å². The Labute approximate surface area is 90.0 Å². The fourth-order valence-corrected chi connectivity index (χ4v) is 1.44. The van der Waals surface area contributed by atoms with Gasteiger partial charge in [-0.1, -0.05) is 0 Å². The van der Waals surface area contributed by atoms with Crippen LogP contribution >= 0.6 is 0 Å². The van der Waals surface area contributed by atoms with Gasteiger partial charge in [0, 0.05) is 25.0 Å². The van der Waals surface area contributed by atoms with E-state index in [0.717, 1.165) is 18.2 Å². The molecule has 1 fully saturated rings. The van der Waals surface area contributed by atoms with E-state index in [1.54, 1.807) is 0 Å². The molecule has 16 heavy (non-hydrogen) atoms. The molecule has 0 atom stereocenters. The molecule has 0 bridgehead atoms. The summed E-state index contributed by atoms with van der Waals surface area (Å²) >= 11 is 0. The highest BCUT2D eigenvalue weighted by Gasteiger charge is 2.30. The van der Waals surface area contributed by atoms with Gasteiger partial charge in [0.1, 0.15) is 17.7 Å². The zero-order valence-corrected chi connectivity index (χ0v) is 8.18. The second-order valence-electron chi connectivity index (χ2n) is 3.56. The van der Waals surface area contributed by atoms with Crippen molar-refractivity contribution in [2.45, 2.75) is 18.9 Å². The summed E-state index contributed by atoms with van der Waals surface area (Å²) in [5.41, 5.74) is -0.291. The minimum Gasteiger partial charge on any atom is -0.482 e. The maximum atomic E-state index is 12.9. The first-order chi connectivity index (χ1) is 7.56. The normalized spacial score (nSPS) is 15.7. The van der Waals surface area contributed by atoms with Crippen molar-refractivity contribution >= 4 is 11.5 Å². The molecule has 0 heterocycles. The van der Waals surface area contributed by atoms with Crippen LogP contribution in [0.2, 0.25) is 0 Å². The van der Waals surface area contributed by atoms with E-state index in [1.165, 1.54) is 0 Å². The highest BCUT2D eigenvalue weighted by Crippen LogP contribution is 2.31. The molecule has 1 aliphatic rings. The molecule has 84 valence electrons. The summed E-state index contributed by atoms with van der Waals surface area (Å²) in [6.45, 7) is 0. The number of carbonyl (C=O) groups is 1. The van der Waals surface area contributed by atoms with Crippen molar-refractivity contribution < 1.29 is 18.8 Å². The molecule has 0 aromatic heterocycles. The lowest BCUT2D eigenvalue weighted by Crippen LogP contribution is -2.33. The van der Waals surface area contributed by atoms with Crippen LogP contribution in [0, 0.1) is 15.9 Å². The van der Waals surface area contributed by atoms with E-state index >= 15 is 0 Å². The van der Waals surface area contributed by atoms with Gasteiger partial charge < -0.3 is 4.74 Å².